The molecule has 9 heteroatoms. The van der Waals surface area contributed by atoms with Gasteiger partial charge in [-0.25, -0.2) is 9.79 Å². The van der Waals surface area contributed by atoms with E-state index in [-0.39, 0.29) is 17.2 Å². The zero-order valence-corrected chi connectivity index (χ0v) is 18.0. The lowest BCUT2D eigenvalue weighted by molar-refractivity contribution is -0.122. The number of likely N-dealkylation sites (N-methyl/N-ethyl adjacent to an activating group) is 1. The second-order valence-corrected chi connectivity index (χ2v) is 7.82. The fraction of sp³-hybridized carbons (Fsp3) is 0.150. The van der Waals surface area contributed by atoms with Gasteiger partial charge in [0.05, 0.1) is 23.3 Å². The van der Waals surface area contributed by atoms with Crippen molar-refractivity contribution in [2.24, 2.45) is 4.99 Å². The fourth-order valence-corrected chi connectivity index (χ4v) is 4.16. The molecule has 0 bridgehead atoms. The van der Waals surface area contributed by atoms with E-state index in [0.717, 1.165) is 0 Å². The Bertz CT molecular complexity index is 1050. The molecule has 1 heterocycles. The average Bonchev–Trinajstić information content (AvgIpc) is 2.98. The third kappa shape index (κ3) is 4.46. The van der Waals surface area contributed by atoms with Crippen LogP contribution >= 0.6 is 27.7 Å². The lowest BCUT2D eigenvalue weighted by atomic mass is 10.2. The van der Waals surface area contributed by atoms with Crippen molar-refractivity contribution in [3.05, 3.63) is 56.9 Å². The lowest BCUT2D eigenvalue weighted by Gasteiger charge is -2.12. The van der Waals surface area contributed by atoms with E-state index in [9.17, 15) is 14.7 Å². The molecule has 0 atom stereocenters. The number of carboxylic acids is 1. The normalized spacial score (nSPS) is 16.7. The number of aromatic hydroxyl groups is 1. The Hall–Kier alpha value is -2.78. The number of phenols is 1. The molecule has 3 rings (SSSR count). The molecule has 2 aromatic rings. The molecule has 7 nitrogen and oxygen atoms in total. The van der Waals surface area contributed by atoms with Crippen LogP contribution in [0.2, 0.25) is 0 Å². The molecule has 0 radical (unpaired) electrons. The largest absolute Gasteiger partial charge is 0.504 e. The minimum atomic E-state index is -1.04. The van der Waals surface area contributed by atoms with Gasteiger partial charge in [0, 0.05) is 11.0 Å². The van der Waals surface area contributed by atoms with Gasteiger partial charge in [-0.2, -0.15) is 0 Å². The molecule has 1 aliphatic rings. The van der Waals surface area contributed by atoms with Crippen LogP contribution in [-0.2, 0) is 4.79 Å². The third-order valence-electron chi connectivity index (χ3n) is 4.11. The number of methoxy groups -OCH3 is 1. The molecule has 0 aromatic heterocycles. The van der Waals surface area contributed by atoms with Crippen molar-refractivity contribution in [3.63, 3.8) is 0 Å². The molecule has 2 aromatic carbocycles. The van der Waals surface area contributed by atoms with E-state index < -0.39 is 5.97 Å². The van der Waals surface area contributed by atoms with Gasteiger partial charge in [0.15, 0.2) is 16.7 Å². The number of nitrogens with zero attached hydrogens (tertiary/aromatic N) is 2. The van der Waals surface area contributed by atoms with Crippen molar-refractivity contribution in [1.29, 1.82) is 0 Å². The molecule has 0 unspecified atom stereocenters. The van der Waals surface area contributed by atoms with Crippen molar-refractivity contribution >= 4 is 56.5 Å². The number of rotatable bonds is 5. The topological polar surface area (TPSA) is 99.4 Å². The van der Waals surface area contributed by atoms with Crippen LogP contribution in [0, 0.1) is 0 Å². The number of hydrogen-bond acceptors (Lipinski definition) is 6. The van der Waals surface area contributed by atoms with Gasteiger partial charge in [-0.3, -0.25) is 9.69 Å². The molecule has 0 spiro atoms. The zero-order chi connectivity index (χ0) is 21.1. The second-order valence-electron chi connectivity index (χ2n) is 5.96. The number of aromatic carboxylic acids is 1. The molecular weight excluding hydrogens is 460 g/mol. The quantitative estimate of drug-likeness (QED) is 0.616. The van der Waals surface area contributed by atoms with E-state index in [4.69, 9.17) is 9.84 Å². The Morgan fingerprint density at radius 1 is 1.34 bits per heavy atom. The van der Waals surface area contributed by atoms with Crippen molar-refractivity contribution < 1.29 is 24.5 Å². The first-order chi connectivity index (χ1) is 13.8. The summed E-state index contributed by atoms with van der Waals surface area (Å²) >= 11 is 4.58. The fourth-order valence-electron chi connectivity index (χ4n) is 2.66. The molecule has 1 saturated heterocycles. The molecule has 150 valence electrons. The number of ether oxygens (including phenoxy) is 1. The average molecular weight is 477 g/mol. The number of thioether (sulfide) groups is 1. The van der Waals surface area contributed by atoms with Crippen molar-refractivity contribution in [1.82, 2.24) is 4.90 Å². The van der Waals surface area contributed by atoms with Gasteiger partial charge >= 0.3 is 5.97 Å². The highest BCUT2D eigenvalue weighted by Gasteiger charge is 2.32. The lowest BCUT2D eigenvalue weighted by Crippen LogP contribution is -2.28. The smallest absolute Gasteiger partial charge is 0.335 e. The first kappa shape index (κ1) is 20.9. The van der Waals surface area contributed by atoms with Crippen LogP contribution in [0.1, 0.15) is 22.8 Å². The summed E-state index contributed by atoms with van der Waals surface area (Å²) in [6, 6.07) is 9.36. The number of phenolic OH excluding ortho intramolecular Hbond substituents is 1. The third-order valence-corrected chi connectivity index (χ3v) is 5.80. The minimum Gasteiger partial charge on any atom is -0.504 e. The number of carboxylic acid groups (broad SMARTS) is 1. The number of amides is 1. The summed E-state index contributed by atoms with van der Waals surface area (Å²) in [5.41, 5.74) is 1.24. The van der Waals surface area contributed by atoms with Crippen molar-refractivity contribution in [3.8, 4) is 11.5 Å². The van der Waals surface area contributed by atoms with Crippen LogP contribution in [0.5, 0.6) is 11.5 Å². The Balaban J connectivity index is 1.98. The van der Waals surface area contributed by atoms with Crippen LogP contribution in [0.4, 0.5) is 5.69 Å². The zero-order valence-electron chi connectivity index (χ0n) is 15.5. The molecular formula is C20H17BrN2O5S. The summed E-state index contributed by atoms with van der Waals surface area (Å²) in [4.78, 5) is 30.4. The molecule has 1 aliphatic heterocycles. The summed E-state index contributed by atoms with van der Waals surface area (Å²) < 4.78 is 5.74. The standard InChI is InChI=1S/C20H17BrN2O5S/c1-3-23-18(25)17(9-12-8-16(28-2)15(24)10-14(12)21)29-20(23)22-13-6-4-5-11(7-13)19(26)27/h4-10,24H,3H2,1-2H3,(H,26,27)/b17-9-,22-20?. The van der Waals surface area contributed by atoms with Crippen LogP contribution in [0.25, 0.3) is 6.08 Å². The van der Waals surface area contributed by atoms with E-state index in [0.29, 0.717) is 38.1 Å². The highest BCUT2D eigenvalue weighted by Crippen LogP contribution is 2.38. The van der Waals surface area contributed by atoms with E-state index in [1.807, 2.05) is 6.92 Å². The second kappa shape index (κ2) is 8.71. The van der Waals surface area contributed by atoms with Gasteiger partial charge in [0.2, 0.25) is 0 Å². The maximum atomic E-state index is 12.8. The molecule has 0 aliphatic carbocycles. The van der Waals surface area contributed by atoms with E-state index >= 15 is 0 Å². The Morgan fingerprint density at radius 3 is 2.76 bits per heavy atom. The van der Waals surface area contributed by atoms with Gasteiger partial charge in [0.1, 0.15) is 0 Å². The van der Waals surface area contributed by atoms with Crippen molar-refractivity contribution in [2.45, 2.75) is 6.92 Å². The van der Waals surface area contributed by atoms with Gasteiger partial charge in [0.25, 0.3) is 5.91 Å². The van der Waals surface area contributed by atoms with E-state index in [1.54, 1.807) is 24.3 Å². The molecule has 1 amide bonds. The number of hydrogen-bond donors (Lipinski definition) is 2. The highest BCUT2D eigenvalue weighted by molar-refractivity contribution is 9.10. The summed E-state index contributed by atoms with van der Waals surface area (Å²) in [5.74, 6) is -0.962. The van der Waals surface area contributed by atoms with Crippen molar-refractivity contribution in [2.75, 3.05) is 13.7 Å². The molecule has 1 fully saturated rings. The maximum absolute atomic E-state index is 12.8. The summed E-state index contributed by atoms with van der Waals surface area (Å²) in [7, 11) is 1.45. The summed E-state index contributed by atoms with van der Waals surface area (Å²) in [5, 5.41) is 19.5. The number of halogens is 1. The molecule has 2 N–H and O–H groups in total. The van der Waals surface area contributed by atoms with Crippen LogP contribution in [-0.4, -0.2) is 45.8 Å². The minimum absolute atomic E-state index is 0.0114. The number of amidine groups is 1. The van der Waals surface area contributed by atoms with Crippen LogP contribution in [0.3, 0.4) is 0 Å². The van der Waals surface area contributed by atoms with Gasteiger partial charge in [-0.05, 0) is 60.7 Å². The Kier molecular flexibility index (Phi) is 6.29. The SMILES string of the molecule is CCN1C(=O)/C(=C/c2cc(OC)c(O)cc2Br)SC1=Nc1cccc(C(=O)O)c1. The predicted octanol–water partition coefficient (Wildman–Crippen LogP) is 4.49. The van der Waals surface area contributed by atoms with E-state index in [1.165, 1.54) is 42.0 Å². The van der Waals surface area contributed by atoms with Crippen LogP contribution in [0.15, 0.2) is 50.8 Å². The first-order valence-electron chi connectivity index (χ1n) is 8.54. The Labute approximate surface area is 179 Å². The number of carbonyl (C=O) groups excluding carboxylic acids is 1. The summed E-state index contributed by atoms with van der Waals surface area (Å²) in [6.45, 7) is 2.25. The Morgan fingerprint density at radius 2 is 2.10 bits per heavy atom. The highest BCUT2D eigenvalue weighted by atomic mass is 79.9. The molecule has 29 heavy (non-hydrogen) atoms. The van der Waals surface area contributed by atoms with E-state index in [2.05, 4.69) is 20.9 Å². The van der Waals surface area contributed by atoms with Crippen LogP contribution < -0.4 is 4.74 Å². The summed E-state index contributed by atoms with van der Waals surface area (Å²) in [6.07, 6.45) is 1.69. The van der Waals surface area contributed by atoms with Gasteiger partial charge in [-0.1, -0.05) is 22.0 Å². The predicted molar refractivity (Wildman–Crippen MR) is 116 cm³/mol. The first-order valence-corrected chi connectivity index (χ1v) is 10.1. The molecule has 0 saturated carbocycles. The monoisotopic (exact) mass is 476 g/mol. The van der Waals surface area contributed by atoms with Gasteiger partial charge < -0.3 is 14.9 Å². The number of carbonyl (C=O) groups is 2. The number of benzene rings is 2. The maximum Gasteiger partial charge on any atom is 0.335 e. The number of aliphatic imine (C=N–C) groups is 1. The van der Waals surface area contributed by atoms with Gasteiger partial charge in [-0.15, -0.1) is 0 Å².